The molecular weight excluding hydrogens is 378 g/mol. The van der Waals surface area contributed by atoms with Crippen LogP contribution in [0.15, 0.2) is 24.3 Å². The number of carbonyl (C=O) groups excluding carboxylic acids is 3. The molecule has 0 saturated heterocycles. The van der Waals surface area contributed by atoms with Crippen LogP contribution in [0.1, 0.15) is 46.6 Å². The average Bonchev–Trinajstić information content (AvgIpc) is 2.58. The highest BCUT2D eigenvalue weighted by Gasteiger charge is 2.27. The van der Waals surface area contributed by atoms with E-state index < -0.39 is 34.6 Å². The number of alkyl carbamates (subject to hydrolysis) is 1. The van der Waals surface area contributed by atoms with Crippen molar-refractivity contribution >= 4 is 24.0 Å². The van der Waals surface area contributed by atoms with Crippen LogP contribution in [0, 0.1) is 16.0 Å². The fourth-order valence-corrected chi connectivity index (χ4v) is 2.54. The van der Waals surface area contributed by atoms with Crippen molar-refractivity contribution in [2.75, 3.05) is 0 Å². The number of benzene rings is 1. The monoisotopic (exact) mass is 406 g/mol. The largest absolute Gasteiger partial charge is 0.444 e. The first kappa shape index (κ1) is 24.1. The van der Waals surface area contributed by atoms with Crippen LogP contribution >= 0.6 is 0 Å². The van der Waals surface area contributed by atoms with Gasteiger partial charge in [-0.05, 0) is 38.7 Å². The standard InChI is InChI=1S/C20H28N3O6/c1-13(2)10-17(22-19(26)29-20(3,4)5)18(25)21-15(12-24)11-14-6-8-16(9-7-14)23(27)28/h6-9,13,15,17H,10-11H2,1-5H3,(H,21,25)(H,22,26)/t15-,17+/m0/s1. The van der Waals surface area contributed by atoms with E-state index in [-0.39, 0.29) is 18.0 Å². The first-order valence-corrected chi connectivity index (χ1v) is 9.32. The Bertz CT molecular complexity index is 725. The van der Waals surface area contributed by atoms with Crippen LogP contribution in [-0.4, -0.2) is 40.9 Å². The summed E-state index contributed by atoms with van der Waals surface area (Å²) in [6.45, 7) is 8.94. The van der Waals surface area contributed by atoms with Gasteiger partial charge < -0.3 is 15.4 Å². The second-order valence-corrected chi connectivity index (χ2v) is 8.14. The third-order valence-corrected chi connectivity index (χ3v) is 3.76. The summed E-state index contributed by atoms with van der Waals surface area (Å²) in [4.78, 5) is 46.2. The molecule has 1 radical (unpaired) electrons. The SMILES string of the molecule is CC(C)C[C@@H](NC(=O)OC(C)(C)C)C(=O)N[C@H]([C]=O)Cc1ccc([N+](=O)[O-])cc1. The van der Waals surface area contributed by atoms with Crippen LogP contribution in [0.5, 0.6) is 0 Å². The quantitative estimate of drug-likeness (QED) is 0.479. The fourth-order valence-electron chi connectivity index (χ4n) is 2.54. The van der Waals surface area contributed by atoms with Crippen molar-refractivity contribution < 1.29 is 24.0 Å². The van der Waals surface area contributed by atoms with Crippen LogP contribution in [0.2, 0.25) is 0 Å². The maximum Gasteiger partial charge on any atom is 0.408 e. The van der Waals surface area contributed by atoms with E-state index in [1.807, 2.05) is 13.8 Å². The van der Waals surface area contributed by atoms with Crippen LogP contribution in [-0.2, 0) is 20.7 Å². The van der Waals surface area contributed by atoms with Gasteiger partial charge in [0, 0.05) is 18.6 Å². The predicted molar refractivity (Wildman–Crippen MR) is 107 cm³/mol. The topological polar surface area (TPSA) is 128 Å². The van der Waals surface area contributed by atoms with Crippen molar-refractivity contribution in [1.29, 1.82) is 0 Å². The van der Waals surface area contributed by atoms with E-state index in [2.05, 4.69) is 10.6 Å². The number of nitro benzene ring substituents is 1. The Morgan fingerprint density at radius 2 is 1.76 bits per heavy atom. The van der Waals surface area contributed by atoms with Crippen molar-refractivity contribution in [2.24, 2.45) is 5.92 Å². The molecule has 9 heteroatoms. The molecule has 0 aliphatic heterocycles. The second kappa shape index (κ2) is 10.5. The molecular formula is C20H28N3O6. The van der Waals surface area contributed by atoms with Gasteiger partial charge in [-0.3, -0.25) is 19.7 Å². The molecule has 159 valence electrons. The van der Waals surface area contributed by atoms with E-state index in [4.69, 9.17) is 4.74 Å². The van der Waals surface area contributed by atoms with Gasteiger partial charge in [0.1, 0.15) is 11.6 Å². The molecule has 0 unspecified atom stereocenters. The summed E-state index contributed by atoms with van der Waals surface area (Å²) in [7, 11) is 0. The molecule has 0 saturated carbocycles. The molecule has 2 atom stereocenters. The fraction of sp³-hybridized carbons (Fsp3) is 0.550. The number of nitro groups is 1. The zero-order valence-corrected chi connectivity index (χ0v) is 17.4. The van der Waals surface area contributed by atoms with Crippen molar-refractivity contribution in [3.63, 3.8) is 0 Å². The number of nitrogens with zero attached hydrogens (tertiary/aromatic N) is 1. The molecule has 0 aliphatic rings. The van der Waals surface area contributed by atoms with Crippen molar-refractivity contribution in [3.8, 4) is 0 Å². The Morgan fingerprint density at radius 1 is 1.17 bits per heavy atom. The molecule has 2 N–H and O–H groups in total. The third-order valence-electron chi connectivity index (χ3n) is 3.76. The van der Waals surface area contributed by atoms with E-state index >= 15 is 0 Å². The van der Waals surface area contributed by atoms with Gasteiger partial charge >= 0.3 is 6.09 Å². The van der Waals surface area contributed by atoms with E-state index in [1.54, 1.807) is 27.1 Å². The summed E-state index contributed by atoms with van der Waals surface area (Å²) in [6, 6.07) is 3.84. The Labute approximate surface area is 170 Å². The number of hydrogen-bond acceptors (Lipinski definition) is 6. The lowest BCUT2D eigenvalue weighted by Gasteiger charge is -2.25. The van der Waals surface area contributed by atoms with Gasteiger partial charge in [0.2, 0.25) is 12.2 Å². The van der Waals surface area contributed by atoms with Gasteiger partial charge in [-0.1, -0.05) is 26.0 Å². The van der Waals surface area contributed by atoms with Crippen LogP contribution in [0.4, 0.5) is 10.5 Å². The first-order chi connectivity index (χ1) is 13.4. The number of amides is 2. The minimum absolute atomic E-state index is 0.0667. The summed E-state index contributed by atoms with van der Waals surface area (Å²) in [5.74, 6) is -0.422. The van der Waals surface area contributed by atoms with E-state index in [9.17, 15) is 24.5 Å². The van der Waals surface area contributed by atoms with Gasteiger partial charge in [0.15, 0.2) is 0 Å². The highest BCUT2D eigenvalue weighted by molar-refractivity contribution is 5.87. The van der Waals surface area contributed by atoms with Crippen molar-refractivity contribution in [3.05, 3.63) is 39.9 Å². The van der Waals surface area contributed by atoms with Crippen molar-refractivity contribution in [1.82, 2.24) is 10.6 Å². The number of ether oxygens (including phenoxy) is 1. The zero-order valence-electron chi connectivity index (χ0n) is 17.4. The molecule has 9 nitrogen and oxygen atoms in total. The summed E-state index contributed by atoms with van der Waals surface area (Å²) in [5.41, 5.74) is -0.148. The Hall–Kier alpha value is -2.97. The van der Waals surface area contributed by atoms with Gasteiger partial charge in [-0.15, -0.1) is 0 Å². The summed E-state index contributed by atoms with van der Waals surface area (Å²) in [5, 5.41) is 15.8. The molecule has 1 aromatic rings. The predicted octanol–water partition coefficient (Wildman–Crippen LogP) is 2.67. The third kappa shape index (κ3) is 9.18. The zero-order chi connectivity index (χ0) is 22.2. The molecule has 2 amide bonds. The van der Waals surface area contributed by atoms with Crippen molar-refractivity contribution in [2.45, 2.75) is 65.1 Å². The normalized spacial score (nSPS) is 13.3. The molecule has 29 heavy (non-hydrogen) atoms. The maximum atomic E-state index is 12.6. The van der Waals surface area contributed by atoms with Gasteiger partial charge in [-0.25, -0.2) is 4.79 Å². The Kier molecular flexibility index (Phi) is 8.75. The van der Waals surface area contributed by atoms with Gasteiger partial charge in [-0.2, -0.15) is 0 Å². The highest BCUT2D eigenvalue weighted by Crippen LogP contribution is 2.14. The number of non-ortho nitro benzene ring substituents is 1. The molecule has 0 fully saturated rings. The minimum atomic E-state index is -0.959. The lowest BCUT2D eigenvalue weighted by atomic mass is 10.0. The van der Waals surface area contributed by atoms with E-state index in [0.717, 1.165) is 0 Å². The highest BCUT2D eigenvalue weighted by atomic mass is 16.6. The van der Waals surface area contributed by atoms with E-state index in [0.29, 0.717) is 12.0 Å². The molecule has 0 heterocycles. The number of carbonyl (C=O) groups is 2. The smallest absolute Gasteiger partial charge is 0.408 e. The maximum absolute atomic E-state index is 12.6. The number of nitrogens with one attached hydrogen (secondary N) is 2. The molecule has 0 spiro atoms. The molecule has 0 aliphatic carbocycles. The molecule has 1 rings (SSSR count). The molecule has 0 bridgehead atoms. The lowest BCUT2D eigenvalue weighted by Crippen LogP contribution is -2.51. The summed E-state index contributed by atoms with van der Waals surface area (Å²) in [6.07, 6.45) is 1.51. The second-order valence-electron chi connectivity index (χ2n) is 8.14. The summed E-state index contributed by atoms with van der Waals surface area (Å²) < 4.78 is 5.19. The molecule has 1 aromatic carbocycles. The molecule has 0 aromatic heterocycles. The van der Waals surface area contributed by atoms with Gasteiger partial charge in [0.05, 0.1) is 11.0 Å². The van der Waals surface area contributed by atoms with Crippen LogP contribution < -0.4 is 10.6 Å². The Morgan fingerprint density at radius 3 is 2.21 bits per heavy atom. The lowest BCUT2D eigenvalue weighted by molar-refractivity contribution is -0.384. The first-order valence-electron chi connectivity index (χ1n) is 9.32. The summed E-state index contributed by atoms with van der Waals surface area (Å²) >= 11 is 0. The Balaban J connectivity index is 2.79. The number of hydrogen-bond donors (Lipinski definition) is 2. The minimum Gasteiger partial charge on any atom is -0.444 e. The average molecular weight is 406 g/mol. The van der Waals surface area contributed by atoms with Gasteiger partial charge in [0.25, 0.3) is 5.69 Å². The number of rotatable bonds is 9. The van der Waals surface area contributed by atoms with Crippen LogP contribution in [0.25, 0.3) is 0 Å². The van der Waals surface area contributed by atoms with Crippen LogP contribution in [0.3, 0.4) is 0 Å². The van der Waals surface area contributed by atoms with E-state index in [1.165, 1.54) is 24.3 Å².